The molecule has 6 nitrogen and oxygen atoms in total. The third-order valence-electron chi connectivity index (χ3n) is 3.60. The van der Waals surface area contributed by atoms with E-state index in [9.17, 15) is 9.18 Å². The van der Waals surface area contributed by atoms with Gasteiger partial charge in [0.1, 0.15) is 5.82 Å². The molecule has 0 saturated heterocycles. The number of amides is 1. The Hall–Kier alpha value is -2.67. The van der Waals surface area contributed by atoms with E-state index in [4.69, 9.17) is 16.1 Å². The van der Waals surface area contributed by atoms with Gasteiger partial charge in [-0.05, 0) is 24.3 Å². The zero-order chi connectivity index (χ0) is 17.3. The van der Waals surface area contributed by atoms with Crippen molar-refractivity contribution in [2.75, 3.05) is 7.05 Å². The monoisotopic (exact) mass is 348 g/mol. The molecule has 24 heavy (non-hydrogen) atoms. The summed E-state index contributed by atoms with van der Waals surface area (Å²) in [6.45, 7) is 0.285. The fourth-order valence-electron chi connectivity index (χ4n) is 2.23. The average molecular weight is 349 g/mol. The van der Waals surface area contributed by atoms with Crippen LogP contribution >= 0.6 is 11.6 Å². The van der Waals surface area contributed by atoms with Crippen LogP contribution in [0.1, 0.15) is 16.2 Å². The summed E-state index contributed by atoms with van der Waals surface area (Å²) < 4.78 is 19.8. The minimum absolute atomic E-state index is 0.162. The maximum Gasteiger partial charge on any atom is 0.276 e. The second-order valence-corrected chi connectivity index (χ2v) is 5.71. The van der Waals surface area contributed by atoms with E-state index in [1.165, 1.54) is 29.3 Å². The molecule has 0 aliphatic carbocycles. The second kappa shape index (κ2) is 6.45. The number of halogens is 2. The average Bonchev–Trinajstić information content (AvgIpc) is 3.17. The summed E-state index contributed by atoms with van der Waals surface area (Å²) in [6, 6.07) is 7.27. The predicted molar refractivity (Wildman–Crippen MR) is 85.9 cm³/mol. The Bertz CT molecular complexity index is 853. The minimum atomic E-state index is -0.345. The summed E-state index contributed by atoms with van der Waals surface area (Å²) in [5, 5.41) is 8.32. The third-order valence-corrected chi connectivity index (χ3v) is 3.92. The molecule has 0 saturated carbocycles. The van der Waals surface area contributed by atoms with E-state index in [1.807, 2.05) is 0 Å². The van der Waals surface area contributed by atoms with E-state index in [1.54, 1.807) is 30.9 Å². The van der Waals surface area contributed by atoms with Gasteiger partial charge in [0.15, 0.2) is 11.5 Å². The SMILES string of the molecule is CN(Cc1c(Cl)cnn1C)C(=O)c1cc(-c2ccc(F)cc2)on1. The van der Waals surface area contributed by atoms with Crippen molar-refractivity contribution in [3.05, 3.63) is 58.8 Å². The number of nitrogens with zero attached hydrogens (tertiary/aromatic N) is 4. The fraction of sp³-hybridized carbons (Fsp3) is 0.188. The smallest absolute Gasteiger partial charge is 0.276 e. The van der Waals surface area contributed by atoms with Crippen molar-refractivity contribution >= 4 is 17.5 Å². The van der Waals surface area contributed by atoms with Gasteiger partial charge in [0, 0.05) is 25.7 Å². The number of carbonyl (C=O) groups excluding carboxylic acids is 1. The summed E-state index contributed by atoms with van der Waals surface area (Å²) in [4.78, 5) is 13.9. The highest BCUT2D eigenvalue weighted by molar-refractivity contribution is 6.31. The van der Waals surface area contributed by atoms with E-state index in [-0.39, 0.29) is 24.0 Å². The van der Waals surface area contributed by atoms with Crippen LogP contribution in [0.5, 0.6) is 0 Å². The normalized spacial score (nSPS) is 10.8. The maximum atomic E-state index is 13.0. The number of rotatable bonds is 4. The molecule has 1 aromatic carbocycles. The molecule has 0 aliphatic rings. The Morgan fingerprint density at radius 1 is 1.38 bits per heavy atom. The Kier molecular flexibility index (Phi) is 4.35. The molecule has 8 heteroatoms. The van der Waals surface area contributed by atoms with E-state index < -0.39 is 0 Å². The highest BCUT2D eigenvalue weighted by Crippen LogP contribution is 2.22. The van der Waals surface area contributed by atoms with Gasteiger partial charge in [0.05, 0.1) is 23.5 Å². The van der Waals surface area contributed by atoms with Crippen molar-refractivity contribution in [1.82, 2.24) is 19.8 Å². The van der Waals surface area contributed by atoms with Crippen molar-refractivity contribution in [3.63, 3.8) is 0 Å². The van der Waals surface area contributed by atoms with Crippen molar-refractivity contribution in [2.24, 2.45) is 7.05 Å². The van der Waals surface area contributed by atoms with Gasteiger partial charge in [-0.3, -0.25) is 9.48 Å². The number of hydrogen-bond donors (Lipinski definition) is 0. The number of aromatic nitrogens is 3. The zero-order valence-electron chi connectivity index (χ0n) is 13.0. The highest BCUT2D eigenvalue weighted by Gasteiger charge is 2.20. The van der Waals surface area contributed by atoms with E-state index in [2.05, 4.69) is 10.3 Å². The first kappa shape index (κ1) is 16.2. The quantitative estimate of drug-likeness (QED) is 0.726. The summed E-state index contributed by atoms with van der Waals surface area (Å²) >= 11 is 6.05. The Morgan fingerprint density at radius 2 is 2.08 bits per heavy atom. The van der Waals surface area contributed by atoms with Crippen molar-refractivity contribution in [1.29, 1.82) is 0 Å². The lowest BCUT2D eigenvalue weighted by Gasteiger charge is -2.15. The fourth-order valence-corrected chi connectivity index (χ4v) is 2.46. The molecule has 0 atom stereocenters. The standard InChI is InChI=1S/C16H14ClFN4O2/c1-21(9-14-12(17)8-19-22(14)2)16(23)13-7-15(24-20-13)10-3-5-11(18)6-4-10/h3-8H,9H2,1-2H3. The zero-order valence-corrected chi connectivity index (χ0v) is 13.8. The summed E-state index contributed by atoms with van der Waals surface area (Å²) in [6.07, 6.45) is 1.53. The molecule has 0 spiro atoms. The van der Waals surface area contributed by atoms with Gasteiger partial charge >= 0.3 is 0 Å². The Labute approximate surface area is 142 Å². The Balaban J connectivity index is 1.77. The first-order valence-corrected chi connectivity index (χ1v) is 7.48. The lowest BCUT2D eigenvalue weighted by Crippen LogP contribution is -2.27. The van der Waals surface area contributed by atoms with Gasteiger partial charge in [-0.25, -0.2) is 4.39 Å². The largest absolute Gasteiger partial charge is 0.355 e. The van der Waals surface area contributed by atoms with Crippen LogP contribution in [-0.2, 0) is 13.6 Å². The number of carbonyl (C=O) groups is 1. The first-order valence-electron chi connectivity index (χ1n) is 7.10. The number of aryl methyl sites for hydroxylation is 1. The van der Waals surface area contributed by atoms with Crippen LogP contribution in [0, 0.1) is 5.82 Å². The summed E-state index contributed by atoms with van der Waals surface area (Å²) in [7, 11) is 3.39. The molecule has 0 N–H and O–H groups in total. The van der Waals surface area contributed by atoms with Gasteiger partial charge < -0.3 is 9.42 Å². The second-order valence-electron chi connectivity index (χ2n) is 5.31. The van der Waals surface area contributed by atoms with Gasteiger partial charge in [0.25, 0.3) is 5.91 Å². The van der Waals surface area contributed by atoms with Crippen LogP contribution in [0.4, 0.5) is 4.39 Å². The van der Waals surface area contributed by atoms with Crippen LogP contribution < -0.4 is 0 Å². The third kappa shape index (κ3) is 3.16. The molecule has 2 heterocycles. The molecule has 0 bridgehead atoms. The molecular formula is C16H14ClFN4O2. The van der Waals surface area contributed by atoms with Crippen molar-refractivity contribution < 1.29 is 13.7 Å². The van der Waals surface area contributed by atoms with Gasteiger partial charge in [-0.2, -0.15) is 5.10 Å². The molecule has 1 amide bonds. The van der Waals surface area contributed by atoms with Crippen LogP contribution in [0.2, 0.25) is 5.02 Å². The molecule has 0 unspecified atom stereocenters. The summed E-state index contributed by atoms with van der Waals surface area (Å²) in [5.41, 5.74) is 1.52. The molecule has 3 aromatic rings. The summed E-state index contributed by atoms with van der Waals surface area (Å²) in [5.74, 6) is -0.267. The van der Waals surface area contributed by atoms with Crippen molar-refractivity contribution in [3.8, 4) is 11.3 Å². The van der Waals surface area contributed by atoms with Crippen LogP contribution in [0.25, 0.3) is 11.3 Å². The van der Waals surface area contributed by atoms with Gasteiger partial charge in [-0.1, -0.05) is 16.8 Å². The number of benzene rings is 1. The number of hydrogen-bond acceptors (Lipinski definition) is 4. The van der Waals surface area contributed by atoms with Crippen LogP contribution in [0.3, 0.4) is 0 Å². The van der Waals surface area contributed by atoms with Crippen molar-refractivity contribution in [2.45, 2.75) is 6.54 Å². The Morgan fingerprint density at radius 3 is 2.71 bits per heavy atom. The van der Waals surface area contributed by atoms with Crippen LogP contribution in [0.15, 0.2) is 41.1 Å². The molecule has 0 radical (unpaired) electrons. The minimum Gasteiger partial charge on any atom is -0.355 e. The van der Waals surface area contributed by atoms with E-state index in [0.717, 1.165) is 5.69 Å². The topological polar surface area (TPSA) is 64.2 Å². The van der Waals surface area contributed by atoms with Crippen LogP contribution in [-0.4, -0.2) is 32.8 Å². The molecule has 0 aliphatic heterocycles. The lowest BCUT2D eigenvalue weighted by atomic mass is 10.1. The molecular weight excluding hydrogens is 335 g/mol. The predicted octanol–water partition coefficient (Wildman–Crippen LogP) is 3.14. The van der Waals surface area contributed by atoms with Gasteiger partial charge in [0.2, 0.25) is 0 Å². The molecule has 124 valence electrons. The molecule has 2 aromatic heterocycles. The maximum absolute atomic E-state index is 13.0. The highest BCUT2D eigenvalue weighted by atomic mass is 35.5. The molecule has 3 rings (SSSR count). The van der Waals surface area contributed by atoms with Gasteiger partial charge in [-0.15, -0.1) is 0 Å². The van der Waals surface area contributed by atoms with E-state index in [0.29, 0.717) is 16.3 Å². The molecule has 0 fully saturated rings. The first-order chi connectivity index (χ1) is 11.5. The van der Waals surface area contributed by atoms with E-state index >= 15 is 0 Å². The lowest BCUT2D eigenvalue weighted by molar-refractivity contribution is 0.0772.